The van der Waals surface area contributed by atoms with E-state index in [-0.39, 0.29) is 0 Å². The van der Waals surface area contributed by atoms with Gasteiger partial charge in [-0.2, -0.15) is 0 Å². The molecule has 18 aromatic rings. The Bertz CT molecular complexity index is 5760. The monoisotopic (exact) mass is 1120 g/mol. The number of nitrogens with zero attached hydrogens (tertiary/aromatic N) is 4. The van der Waals surface area contributed by atoms with E-state index < -0.39 is 0 Å². The lowest BCUT2D eigenvalue weighted by Crippen LogP contribution is -1.96. The highest BCUT2D eigenvalue weighted by Gasteiger charge is 2.23. The first-order valence-electron chi connectivity index (χ1n) is 30.3. The molecule has 0 radical (unpaired) electrons. The summed E-state index contributed by atoms with van der Waals surface area (Å²) >= 11 is 0. The van der Waals surface area contributed by atoms with Gasteiger partial charge in [0.15, 0.2) is 0 Å². The second-order valence-corrected chi connectivity index (χ2v) is 23.2. The van der Waals surface area contributed by atoms with Crippen molar-refractivity contribution < 1.29 is 0 Å². The molecule has 4 aromatic heterocycles. The van der Waals surface area contributed by atoms with Crippen LogP contribution in [0.15, 0.2) is 328 Å². The van der Waals surface area contributed by atoms with Crippen LogP contribution in [-0.4, -0.2) is 18.3 Å². The Morgan fingerprint density at radius 3 is 1.05 bits per heavy atom. The van der Waals surface area contributed by atoms with Crippen molar-refractivity contribution in [2.45, 2.75) is 0 Å². The minimum absolute atomic E-state index is 1.11. The highest BCUT2D eigenvalue weighted by molar-refractivity contribution is 6.23. The Morgan fingerprint density at radius 2 is 0.477 bits per heavy atom. The van der Waals surface area contributed by atoms with Gasteiger partial charge in [-0.3, -0.25) is 0 Å². The first kappa shape index (κ1) is 49.7. The number of fused-ring (bicyclic) bond motifs is 12. The molecule has 0 spiro atoms. The zero-order valence-corrected chi connectivity index (χ0v) is 48.0. The lowest BCUT2D eigenvalue weighted by atomic mass is 9.94. The minimum Gasteiger partial charge on any atom is -0.309 e. The molecule has 4 heteroatoms. The zero-order valence-electron chi connectivity index (χ0n) is 48.0. The van der Waals surface area contributed by atoms with E-state index in [0.717, 1.165) is 39.3 Å². The van der Waals surface area contributed by atoms with Crippen molar-refractivity contribution in [1.82, 2.24) is 18.3 Å². The van der Waals surface area contributed by atoms with Gasteiger partial charge in [-0.25, -0.2) is 0 Å². The van der Waals surface area contributed by atoms with Crippen LogP contribution in [0.1, 0.15) is 0 Å². The van der Waals surface area contributed by atoms with Gasteiger partial charge in [-0.1, -0.05) is 224 Å². The summed E-state index contributed by atoms with van der Waals surface area (Å²) in [6, 6.07) is 121. The normalized spacial score (nSPS) is 11.9. The van der Waals surface area contributed by atoms with Gasteiger partial charge >= 0.3 is 0 Å². The van der Waals surface area contributed by atoms with Gasteiger partial charge in [0.05, 0.1) is 44.1 Å². The molecule has 0 aliphatic carbocycles. The molecule has 18 rings (SSSR count). The van der Waals surface area contributed by atoms with E-state index in [9.17, 15) is 0 Å². The lowest BCUT2D eigenvalue weighted by molar-refractivity contribution is 1.17. The average Bonchev–Trinajstić information content (AvgIpc) is 1.85. The van der Waals surface area contributed by atoms with Gasteiger partial charge in [0.25, 0.3) is 0 Å². The number of hydrogen-bond donors (Lipinski definition) is 0. The third kappa shape index (κ3) is 7.79. The molecule has 0 N–H and O–H groups in total. The van der Waals surface area contributed by atoms with Gasteiger partial charge in [-0.05, 0) is 159 Å². The fraction of sp³-hybridized carbons (Fsp3) is 0. The van der Waals surface area contributed by atoms with Crippen LogP contribution in [0.3, 0.4) is 0 Å². The van der Waals surface area contributed by atoms with Crippen LogP contribution in [0.25, 0.3) is 166 Å². The molecular weight excluding hydrogens is 1060 g/mol. The minimum atomic E-state index is 1.11. The Kier molecular flexibility index (Phi) is 11.3. The Labute approximate surface area is 508 Å². The first-order valence-corrected chi connectivity index (χ1v) is 30.3. The quantitative estimate of drug-likeness (QED) is 0.137. The maximum Gasteiger partial charge on any atom is 0.0547 e. The Balaban J connectivity index is 0.796. The Morgan fingerprint density at radius 1 is 0.148 bits per heavy atom. The largest absolute Gasteiger partial charge is 0.309 e. The highest BCUT2D eigenvalue weighted by Crippen LogP contribution is 2.46. The van der Waals surface area contributed by atoms with Crippen LogP contribution in [-0.2, 0) is 0 Å². The standard InChI is InChI=1S/C84H54N4/c1-4-19-55(20-5-1)58-37-43-63(44-38-58)85-77-34-15-12-29-71(77)83-69(30-17-35-80(83)85)70-31-18-36-81-84(70)72-48-41-62(53-82(72)86(81)64-45-39-59(40-46-64)56-21-6-2-7-22-56)61-42-49-78-73(52-61)67-27-10-13-32-75(67)88(78)66-47-50-79-74(54-66)68-28-11-14-33-76(68)87(79)65-26-16-25-60(51-65)57-23-8-3-9-24-57/h1-54H. The van der Waals surface area contributed by atoms with Gasteiger partial charge in [0, 0.05) is 65.8 Å². The summed E-state index contributed by atoms with van der Waals surface area (Å²) in [6.45, 7) is 0. The maximum atomic E-state index is 2.49. The van der Waals surface area contributed by atoms with Gasteiger partial charge < -0.3 is 18.3 Å². The second kappa shape index (κ2) is 20.0. The highest BCUT2D eigenvalue weighted by atomic mass is 15.0. The van der Waals surface area contributed by atoms with Crippen molar-refractivity contribution in [2.24, 2.45) is 0 Å². The van der Waals surface area contributed by atoms with E-state index in [2.05, 4.69) is 346 Å². The van der Waals surface area contributed by atoms with Crippen molar-refractivity contribution >= 4 is 87.2 Å². The second-order valence-electron chi connectivity index (χ2n) is 23.2. The van der Waals surface area contributed by atoms with Crippen LogP contribution >= 0.6 is 0 Å². The number of para-hydroxylation sites is 3. The van der Waals surface area contributed by atoms with Crippen molar-refractivity contribution in [3.8, 4) is 78.4 Å². The van der Waals surface area contributed by atoms with Crippen molar-refractivity contribution in [1.29, 1.82) is 0 Å². The summed E-state index contributed by atoms with van der Waals surface area (Å²) in [5.41, 5.74) is 25.8. The molecule has 0 unspecified atom stereocenters. The molecular formula is C84H54N4. The van der Waals surface area contributed by atoms with E-state index in [1.807, 2.05) is 0 Å². The molecule has 4 nitrogen and oxygen atoms in total. The fourth-order valence-corrected chi connectivity index (χ4v) is 14.4. The number of hydrogen-bond acceptors (Lipinski definition) is 0. The van der Waals surface area contributed by atoms with E-state index in [1.54, 1.807) is 0 Å². The van der Waals surface area contributed by atoms with Gasteiger partial charge in [-0.15, -0.1) is 0 Å². The third-order valence-corrected chi connectivity index (χ3v) is 18.4. The number of benzene rings is 14. The summed E-state index contributed by atoms with van der Waals surface area (Å²) in [7, 11) is 0. The molecule has 0 amide bonds. The molecule has 0 atom stereocenters. The third-order valence-electron chi connectivity index (χ3n) is 18.4. The summed E-state index contributed by atoms with van der Waals surface area (Å²) in [4.78, 5) is 0. The van der Waals surface area contributed by atoms with E-state index in [4.69, 9.17) is 0 Å². The smallest absolute Gasteiger partial charge is 0.0547 e. The van der Waals surface area contributed by atoms with E-state index in [1.165, 1.54) is 126 Å². The molecule has 0 fully saturated rings. The summed E-state index contributed by atoms with van der Waals surface area (Å²) in [6.07, 6.45) is 0. The lowest BCUT2D eigenvalue weighted by Gasteiger charge is -2.12. The molecule has 0 saturated carbocycles. The van der Waals surface area contributed by atoms with Crippen LogP contribution in [0, 0.1) is 0 Å². The van der Waals surface area contributed by atoms with Crippen molar-refractivity contribution in [2.75, 3.05) is 0 Å². The van der Waals surface area contributed by atoms with Gasteiger partial charge in [0.2, 0.25) is 0 Å². The van der Waals surface area contributed by atoms with Crippen LogP contribution in [0.4, 0.5) is 0 Å². The number of rotatable bonds is 9. The molecule has 0 bridgehead atoms. The van der Waals surface area contributed by atoms with Gasteiger partial charge in [0.1, 0.15) is 0 Å². The molecule has 410 valence electrons. The van der Waals surface area contributed by atoms with E-state index in [0.29, 0.717) is 0 Å². The van der Waals surface area contributed by atoms with Crippen LogP contribution in [0.2, 0.25) is 0 Å². The predicted octanol–water partition coefficient (Wildman–Crippen LogP) is 22.4. The van der Waals surface area contributed by atoms with Crippen molar-refractivity contribution in [3.63, 3.8) is 0 Å². The molecule has 0 aliphatic heterocycles. The molecule has 88 heavy (non-hydrogen) atoms. The van der Waals surface area contributed by atoms with Crippen LogP contribution in [0.5, 0.6) is 0 Å². The average molecular weight is 1120 g/mol. The molecule has 14 aromatic carbocycles. The molecule has 0 aliphatic rings. The zero-order chi connectivity index (χ0) is 57.8. The fourth-order valence-electron chi connectivity index (χ4n) is 14.4. The number of aromatic nitrogens is 4. The topological polar surface area (TPSA) is 19.7 Å². The predicted molar refractivity (Wildman–Crippen MR) is 371 cm³/mol. The first-order chi connectivity index (χ1) is 43.7. The van der Waals surface area contributed by atoms with Crippen LogP contribution < -0.4 is 0 Å². The summed E-state index contributed by atoms with van der Waals surface area (Å²) < 4.78 is 9.80. The molecule has 4 heterocycles. The molecule has 0 saturated heterocycles. The Hall–Kier alpha value is -11.7. The maximum absolute atomic E-state index is 2.49. The summed E-state index contributed by atoms with van der Waals surface area (Å²) in [5.74, 6) is 0. The SMILES string of the molecule is c1ccc(-c2ccc(-n3c4ccccc4c4c(-c5cccc6c5c5ccc(-c7ccc8c(c7)c7ccccc7n8-c7ccc8c(c7)c7ccccc7n8-c7cccc(-c8ccccc8)c7)cc5n6-c5ccc(-c6ccccc6)cc5)cccc43)cc2)cc1. The summed E-state index contributed by atoms with van der Waals surface area (Å²) in [5, 5.41) is 9.78. The van der Waals surface area contributed by atoms with E-state index >= 15 is 0 Å². The van der Waals surface area contributed by atoms with Crippen molar-refractivity contribution in [3.05, 3.63) is 328 Å².